The average molecular weight is 642 g/mol. The highest BCUT2D eigenvalue weighted by molar-refractivity contribution is 6.32. The second kappa shape index (κ2) is 16.4. The zero-order valence-corrected chi connectivity index (χ0v) is 25.9. The Labute approximate surface area is 266 Å². The van der Waals surface area contributed by atoms with Crippen LogP contribution < -0.4 is 9.47 Å². The summed E-state index contributed by atoms with van der Waals surface area (Å²) >= 11 is 11.7. The summed E-state index contributed by atoms with van der Waals surface area (Å²) in [7, 11) is 0. The smallest absolute Gasteiger partial charge is 0.203 e. The van der Waals surface area contributed by atoms with Gasteiger partial charge in [0.2, 0.25) is 11.6 Å². The van der Waals surface area contributed by atoms with E-state index in [1.807, 2.05) is 13.8 Å². The largest absolute Gasteiger partial charge is 0.508 e. The van der Waals surface area contributed by atoms with Crippen molar-refractivity contribution in [1.82, 2.24) is 0 Å². The maximum Gasteiger partial charge on any atom is 0.203 e. The van der Waals surface area contributed by atoms with Crippen molar-refractivity contribution in [2.24, 2.45) is 0 Å². The fourth-order valence-corrected chi connectivity index (χ4v) is 4.49. The van der Waals surface area contributed by atoms with Crippen molar-refractivity contribution >= 4 is 34.8 Å². The molecule has 0 radical (unpaired) electrons. The number of ketones is 2. The molecule has 10 heteroatoms. The van der Waals surface area contributed by atoms with Crippen LogP contribution in [-0.2, 0) is 12.8 Å². The number of carbonyl (C=O) groups is 2. The third kappa shape index (κ3) is 9.56. The number of aryl methyl sites for hydroxylation is 2. The van der Waals surface area contributed by atoms with Crippen LogP contribution in [-0.4, -0.2) is 45.2 Å². The van der Waals surface area contributed by atoms with Crippen molar-refractivity contribution in [2.45, 2.75) is 39.5 Å². The van der Waals surface area contributed by atoms with E-state index in [0.717, 1.165) is 12.8 Å². The molecule has 0 saturated carbocycles. The van der Waals surface area contributed by atoms with Crippen LogP contribution in [0.5, 0.6) is 34.5 Å². The van der Waals surface area contributed by atoms with E-state index in [2.05, 4.69) is 0 Å². The van der Waals surface area contributed by atoms with Gasteiger partial charge in [-0.05, 0) is 72.5 Å². The molecule has 44 heavy (non-hydrogen) atoms. The number of phenolic OH excluding ortho intramolecular Hbond substituents is 4. The number of carbonyl (C=O) groups excluding carboxylic acids is 2. The second-order valence-electron chi connectivity index (χ2n) is 9.80. The molecular formula is C34H34Cl2O8. The quantitative estimate of drug-likeness (QED) is 0.115. The van der Waals surface area contributed by atoms with Crippen molar-refractivity contribution in [3.63, 3.8) is 0 Å². The molecule has 4 rings (SSSR count). The second-order valence-corrected chi connectivity index (χ2v) is 10.6. The Morgan fingerprint density at radius 2 is 1.11 bits per heavy atom. The Balaban J connectivity index is 0.000000240. The fraction of sp³-hybridized carbons (Fsp3) is 0.235. The lowest BCUT2D eigenvalue weighted by Crippen LogP contribution is -2.12. The number of aromatic hydroxyl groups is 4. The topological polar surface area (TPSA) is 134 Å². The summed E-state index contributed by atoms with van der Waals surface area (Å²) < 4.78 is 10.8. The lowest BCUT2D eigenvalue weighted by atomic mass is 10.0. The summed E-state index contributed by atoms with van der Waals surface area (Å²) in [4.78, 5) is 24.4. The van der Waals surface area contributed by atoms with Crippen molar-refractivity contribution < 1.29 is 39.5 Å². The molecular weight excluding hydrogens is 607 g/mol. The van der Waals surface area contributed by atoms with Gasteiger partial charge in [-0.2, -0.15) is 0 Å². The van der Waals surface area contributed by atoms with Gasteiger partial charge in [-0.1, -0.05) is 62.0 Å². The number of Topliss-reactive ketones (excluding diaryl/α,β-unsaturated/α-hetero) is 2. The van der Waals surface area contributed by atoms with Gasteiger partial charge in [0.25, 0.3) is 0 Å². The summed E-state index contributed by atoms with van der Waals surface area (Å²) in [6.45, 7) is 3.49. The molecule has 4 aromatic carbocycles. The van der Waals surface area contributed by atoms with Gasteiger partial charge in [-0.25, -0.2) is 0 Å². The third-order valence-electron chi connectivity index (χ3n) is 6.41. The zero-order valence-electron chi connectivity index (χ0n) is 24.3. The van der Waals surface area contributed by atoms with Crippen LogP contribution in [0, 0.1) is 0 Å². The first-order chi connectivity index (χ1) is 21.0. The summed E-state index contributed by atoms with van der Waals surface area (Å²) in [5, 5.41) is 40.2. The number of halogens is 2. The molecule has 8 nitrogen and oxygen atoms in total. The molecule has 0 spiro atoms. The minimum absolute atomic E-state index is 0.00507. The number of hydrogen-bond donors (Lipinski definition) is 4. The highest BCUT2D eigenvalue weighted by atomic mass is 35.5. The van der Waals surface area contributed by atoms with E-state index in [0.29, 0.717) is 45.5 Å². The molecule has 0 aliphatic carbocycles. The van der Waals surface area contributed by atoms with E-state index >= 15 is 0 Å². The fourth-order valence-electron chi connectivity index (χ4n) is 4.17. The maximum absolute atomic E-state index is 12.2. The molecule has 4 N–H and O–H groups in total. The molecule has 0 aromatic heterocycles. The molecule has 0 amide bonds. The van der Waals surface area contributed by atoms with Gasteiger partial charge in [0.1, 0.15) is 34.5 Å². The van der Waals surface area contributed by atoms with Crippen molar-refractivity contribution in [1.29, 1.82) is 0 Å². The Bertz CT molecular complexity index is 1590. The molecule has 0 fully saturated rings. The molecule has 0 aliphatic heterocycles. The lowest BCUT2D eigenvalue weighted by Gasteiger charge is -2.10. The first-order valence-corrected chi connectivity index (χ1v) is 14.7. The van der Waals surface area contributed by atoms with Crippen LogP contribution in [0.3, 0.4) is 0 Å². The highest BCUT2D eigenvalue weighted by Gasteiger charge is 2.17. The Morgan fingerprint density at radius 1 is 0.636 bits per heavy atom. The normalized spacial score (nSPS) is 10.5. The van der Waals surface area contributed by atoms with Gasteiger partial charge in [0, 0.05) is 17.2 Å². The number of ether oxygens (including phenoxy) is 2. The third-order valence-corrected chi connectivity index (χ3v) is 6.98. The summed E-state index contributed by atoms with van der Waals surface area (Å²) in [5.41, 5.74) is 1.54. The summed E-state index contributed by atoms with van der Waals surface area (Å²) in [6, 6.07) is 18.9. The Kier molecular flexibility index (Phi) is 12.7. The monoisotopic (exact) mass is 640 g/mol. The number of para-hydroxylation sites is 1. The molecule has 232 valence electrons. The minimum Gasteiger partial charge on any atom is -0.508 e. The number of benzene rings is 4. The van der Waals surface area contributed by atoms with Crippen LogP contribution in [0.2, 0.25) is 10.0 Å². The predicted molar refractivity (Wildman–Crippen MR) is 170 cm³/mol. The Hall–Kier alpha value is -4.40. The summed E-state index contributed by atoms with van der Waals surface area (Å²) in [5.74, 6) is -0.335. The molecule has 0 unspecified atom stereocenters. The van der Waals surface area contributed by atoms with Crippen molar-refractivity contribution in [2.75, 3.05) is 13.2 Å². The van der Waals surface area contributed by atoms with Crippen LogP contribution >= 0.6 is 23.2 Å². The van der Waals surface area contributed by atoms with Gasteiger partial charge in [0.05, 0.1) is 16.1 Å². The first-order valence-electron chi connectivity index (χ1n) is 14.0. The van der Waals surface area contributed by atoms with Gasteiger partial charge >= 0.3 is 0 Å². The van der Waals surface area contributed by atoms with Crippen LogP contribution in [0.1, 0.15) is 58.5 Å². The van der Waals surface area contributed by atoms with Crippen LogP contribution in [0.25, 0.3) is 0 Å². The lowest BCUT2D eigenvalue weighted by molar-refractivity contribution is 0.0911. The molecule has 0 saturated heterocycles. The minimum atomic E-state index is -0.380. The van der Waals surface area contributed by atoms with Crippen LogP contribution in [0.15, 0.2) is 72.8 Å². The number of hydrogen-bond acceptors (Lipinski definition) is 8. The van der Waals surface area contributed by atoms with E-state index in [9.17, 15) is 30.0 Å². The van der Waals surface area contributed by atoms with E-state index < -0.39 is 0 Å². The maximum atomic E-state index is 12.2. The summed E-state index contributed by atoms with van der Waals surface area (Å²) in [6.07, 6.45) is 2.90. The number of rotatable bonds is 12. The number of phenols is 4. The van der Waals surface area contributed by atoms with E-state index in [4.69, 9.17) is 32.7 Å². The standard InChI is InChI=1S/2C17H17ClO4/c1-2-5-11-8-12(15(20)9-14(11)19)16(21)10-22-17-7-4-3-6-13(17)18;1-2-3-11-8-14(16(20)9-15(11)19)17(21)10-22-13-6-4-12(18)5-7-13/h3-4,6-9,19-20H,2,5,10H2,1H3;4-9,19-20H,2-3,10H2,1H3. The Morgan fingerprint density at radius 3 is 1.59 bits per heavy atom. The molecule has 0 heterocycles. The highest BCUT2D eigenvalue weighted by Crippen LogP contribution is 2.30. The van der Waals surface area contributed by atoms with Gasteiger partial charge in [-0.15, -0.1) is 0 Å². The molecule has 0 bridgehead atoms. The van der Waals surface area contributed by atoms with Crippen molar-refractivity contribution in [3.05, 3.63) is 105 Å². The van der Waals surface area contributed by atoms with Gasteiger partial charge < -0.3 is 29.9 Å². The first kappa shape index (κ1) is 34.1. The predicted octanol–water partition coefficient (Wildman–Crippen LogP) is 7.93. The van der Waals surface area contributed by atoms with Gasteiger partial charge in [-0.3, -0.25) is 9.59 Å². The zero-order chi connectivity index (χ0) is 32.2. The molecule has 0 atom stereocenters. The van der Waals surface area contributed by atoms with Crippen LogP contribution in [0.4, 0.5) is 0 Å². The molecule has 0 aliphatic rings. The SMILES string of the molecule is CCCc1cc(C(=O)COc2ccc(Cl)cc2)c(O)cc1O.CCCc1cc(C(=O)COc2ccccc2Cl)c(O)cc1O. The average Bonchev–Trinajstić information content (AvgIpc) is 2.99. The van der Waals surface area contributed by atoms with E-state index in [-0.39, 0.29) is 58.9 Å². The van der Waals surface area contributed by atoms with Gasteiger partial charge in [0.15, 0.2) is 13.2 Å². The molecule has 4 aromatic rings. The van der Waals surface area contributed by atoms with Crippen molar-refractivity contribution in [3.8, 4) is 34.5 Å². The van der Waals surface area contributed by atoms with E-state index in [1.54, 1.807) is 48.5 Å². The van der Waals surface area contributed by atoms with E-state index in [1.165, 1.54) is 24.3 Å².